The first-order chi connectivity index (χ1) is 15.8. The predicted octanol–water partition coefficient (Wildman–Crippen LogP) is 4.41. The monoisotopic (exact) mass is 440 g/mol. The minimum Gasteiger partial charge on any atom is -0.356 e. The van der Waals surface area contributed by atoms with Crippen LogP contribution in [-0.2, 0) is 0 Å². The van der Waals surface area contributed by atoms with Crippen LogP contribution in [-0.4, -0.2) is 42.8 Å². The van der Waals surface area contributed by atoms with Gasteiger partial charge in [-0.05, 0) is 30.0 Å². The maximum atomic E-state index is 9.53. The molecule has 2 unspecified atom stereocenters. The van der Waals surface area contributed by atoms with Gasteiger partial charge in [-0.25, -0.2) is 15.0 Å². The lowest BCUT2D eigenvalue weighted by molar-refractivity contribution is 0.332. The van der Waals surface area contributed by atoms with Gasteiger partial charge in [0.05, 0.1) is 30.4 Å². The number of fused-ring (bicyclic) bond motifs is 2. The Labute approximate surface area is 188 Å². The summed E-state index contributed by atoms with van der Waals surface area (Å²) in [6, 6.07) is 8.62. The molecular weight excluding hydrogens is 420 g/mol. The highest BCUT2D eigenvalue weighted by molar-refractivity contribution is 7.17. The van der Waals surface area contributed by atoms with Crippen LogP contribution < -0.4 is 4.90 Å². The third-order valence-corrected chi connectivity index (χ3v) is 7.16. The molecule has 1 fully saturated rings. The summed E-state index contributed by atoms with van der Waals surface area (Å²) >= 11 is 1.74. The lowest BCUT2D eigenvalue weighted by Gasteiger charge is -2.23. The standard InChI is InChI=1S/C23H20N8S/c24-5-1-19(16-3-7-30(12-16)21-9-20-15(10-26-21)4-8-32-20)31-13-17(11-29-31)22-18-2-6-25-23(18)28-14-27-22/h2,4,6,8-11,13-14,16,19H,1,3,7,12H2,(H,25,27,28). The molecule has 32 heavy (non-hydrogen) atoms. The van der Waals surface area contributed by atoms with E-state index in [1.807, 2.05) is 35.5 Å². The molecule has 0 spiro atoms. The number of nitrogens with one attached hydrogen (secondary N) is 1. The third kappa shape index (κ3) is 3.20. The SMILES string of the molecule is N#CCC(C1CCN(c2cc3sccc3cn2)C1)n1cc(-c2ncnc3[nH]ccc23)cn1. The van der Waals surface area contributed by atoms with Gasteiger partial charge in [0.1, 0.15) is 17.8 Å². The van der Waals surface area contributed by atoms with Crippen molar-refractivity contribution in [3.63, 3.8) is 0 Å². The molecule has 0 aromatic carbocycles. The number of thiophene rings is 1. The Morgan fingerprint density at radius 3 is 3.16 bits per heavy atom. The number of nitrogens with zero attached hydrogens (tertiary/aromatic N) is 7. The topological polar surface area (TPSA) is 99.3 Å². The number of hydrogen-bond acceptors (Lipinski definition) is 7. The summed E-state index contributed by atoms with van der Waals surface area (Å²) in [5, 5.41) is 18.4. The minimum atomic E-state index is 0.00720. The van der Waals surface area contributed by atoms with Crippen LogP contribution in [0.25, 0.3) is 32.4 Å². The molecule has 6 heterocycles. The predicted molar refractivity (Wildman–Crippen MR) is 124 cm³/mol. The molecule has 1 saturated heterocycles. The van der Waals surface area contributed by atoms with Crippen LogP contribution >= 0.6 is 11.3 Å². The van der Waals surface area contributed by atoms with Gasteiger partial charge in [0.15, 0.2) is 0 Å². The largest absolute Gasteiger partial charge is 0.356 e. The second kappa shape index (κ2) is 7.73. The van der Waals surface area contributed by atoms with E-state index >= 15 is 0 Å². The van der Waals surface area contributed by atoms with Crippen molar-refractivity contribution >= 4 is 38.3 Å². The summed E-state index contributed by atoms with van der Waals surface area (Å²) in [7, 11) is 0. The molecule has 2 atom stereocenters. The highest BCUT2D eigenvalue weighted by Gasteiger charge is 2.32. The summed E-state index contributed by atoms with van der Waals surface area (Å²) in [5.74, 6) is 1.33. The second-order valence-corrected chi connectivity index (χ2v) is 9.04. The van der Waals surface area contributed by atoms with Gasteiger partial charge >= 0.3 is 0 Å². The van der Waals surface area contributed by atoms with E-state index in [-0.39, 0.29) is 6.04 Å². The maximum Gasteiger partial charge on any atom is 0.141 e. The zero-order valence-corrected chi connectivity index (χ0v) is 18.0. The van der Waals surface area contributed by atoms with E-state index in [9.17, 15) is 5.26 Å². The van der Waals surface area contributed by atoms with Crippen LogP contribution in [0.3, 0.4) is 0 Å². The summed E-state index contributed by atoms with van der Waals surface area (Å²) in [5.41, 5.74) is 2.58. The van der Waals surface area contributed by atoms with Crippen molar-refractivity contribution in [3.8, 4) is 17.3 Å². The van der Waals surface area contributed by atoms with Crippen LogP contribution in [0.1, 0.15) is 18.9 Å². The molecular formula is C23H20N8S. The molecule has 0 radical (unpaired) electrons. The average Bonchev–Trinajstić information content (AvgIpc) is 3.62. The van der Waals surface area contributed by atoms with E-state index in [0.29, 0.717) is 12.3 Å². The molecule has 8 nitrogen and oxygen atoms in total. The fourth-order valence-electron chi connectivity index (χ4n) is 4.64. The summed E-state index contributed by atoms with van der Waals surface area (Å²) < 4.78 is 3.20. The van der Waals surface area contributed by atoms with E-state index in [0.717, 1.165) is 47.6 Å². The van der Waals surface area contributed by atoms with Gasteiger partial charge in [0, 0.05) is 58.6 Å². The highest BCUT2D eigenvalue weighted by atomic mass is 32.1. The zero-order valence-electron chi connectivity index (χ0n) is 17.2. The van der Waals surface area contributed by atoms with Gasteiger partial charge < -0.3 is 9.88 Å². The molecule has 1 aliphatic rings. The molecule has 9 heteroatoms. The zero-order chi connectivity index (χ0) is 21.5. The lowest BCUT2D eigenvalue weighted by atomic mass is 9.96. The maximum absolute atomic E-state index is 9.53. The number of nitriles is 1. The Kier molecular flexibility index (Phi) is 4.58. The summed E-state index contributed by atoms with van der Waals surface area (Å²) in [4.78, 5) is 18.9. The molecule has 6 rings (SSSR count). The molecule has 0 saturated carbocycles. The molecule has 0 amide bonds. The van der Waals surface area contributed by atoms with Crippen LogP contribution in [0, 0.1) is 17.2 Å². The van der Waals surface area contributed by atoms with Crippen molar-refractivity contribution in [2.24, 2.45) is 5.92 Å². The van der Waals surface area contributed by atoms with Gasteiger partial charge in [0.25, 0.3) is 0 Å². The number of pyridine rings is 1. The molecule has 158 valence electrons. The quantitative estimate of drug-likeness (QED) is 0.434. The van der Waals surface area contributed by atoms with Crippen molar-refractivity contribution in [3.05, 3.63) is 54.7 Å². The van der Waals surface area contributed by atoms with Gasteiger partial charge in [-0.1, -0.05) is 0 Å². The Morgan fingerprint density at radius 1 is 1.25 bits per heavy atom. The fraction of sp³-hybridized carbons (Fsp3) is 0.261. The number of rotatable bonds is 5. The molecule has 1 N–H and O–H groups in total. The van der Waals surface area contributed by atoms with Crippen molar-refractivity contribution < 1.29 is 0 Å². The lowest BCUT2D eigenvalue weighted by Crippen LogP contribution is -2.25. The van der Waals surface area contributed by atoms with E-state index < -0.39 is 0 Å². The van der Waals surface area contributed by atoms with Crippen molar-refractivity contribution in [1.29, 1.82) is 5.26 Å². The van der Waals surface area contributed by atoms with Gasteiger partial charge in [0.2, 0.25) is 0 Å². The first-order valence-electron chi connectivity index (χ1n) is 10.6. The Hall–Kier alpha value is -3.77. The number of anilines is 1. The molecule has 1 aliphatic heterocycles. The Bertz CT molecular complexity index is 1440. The first kappa shape index (κ1) is 19.0. The van der Waals surface area contributed by atoms with E-state index in [1.54, 1.807) is 17.7 Å². The Balaban J connectivity index is 1.27. The van der Waals surface area contributed by atoms with Crippen LogP contribution in [0.15, 0.2) is 54.7 Å². The van der Waals surface area contributed by atoms with E-state index in [1.165, 1.54) is 10.1 Å². The molecule has 0 aliphatic carbocycles. The number of aromatic amines is 1. The molecule has 0 bridgehead atoms. The second-order valence-electron chi connectivity index (χ2n) is 8.10. The smallest absolute Gasteiger partial charge is 0.141 e. The van der Waals surface area contributed by atoms with Crippen molar-refractivity contribution in [1.82, 2.24) is 29.7 Å². The molecule has 5 aromatic rings. The van der Waals surface area contributed by atoms with E-state index in [2.05, 4.69) is 53.5 Å². The van der Waals surface area contributed by atoms with Crippen molar-refractivity contribution in [2.75, 3.05) is 18.0 Å². The third-order valence-electron chi connectivity index (χ3n) is 6.29. The van der Waals surface area contributed by atoms with Crippen LogP contribution in [0.4, 0.5) is 5.82 Å². The van der Waals surface area contributed by atoms with Gasteiger partial charge in [-0.15, -0.1) is 11.3 Å². The fourth-order valence-corrected chi connectivity index (χ4v) is 5.43. The molecule has 5 aromatic heterocycles. The van der Waals surface area contributed by atoms with Gasteiger partial charge in [-0.2, -0.15) is 10.4 Å². The Morgan fingerprint density at radius 2 is 2.22 bits per heavy atom. The number of hydrogen-bond donors (Lipinski definition) is 1. The highest BCUT2D eigenvalue weighted by Crippen LogP contribution is 2.34. The van der Waals surface area contributed by atoms with E-state index in [4.69, 9.17) is 0 Å². The van der Waals surface area contributed by atoms with Crippen LogP contribution in [0.5, 0.6) is 0 Å². The van der Waals surface area contributed by atoms with Crippen molar-refractivity contribution in [2.45, 2.75) is 18.9 Å². The summed E-state index contributed by atoms with van der Waals surface area (Å²) in [6.07, 6.45) is 10.6. The number of aromatic nitrogens is 6. The normalized spacial score (nSPS) is 17.2. The average molecular weight is 441 g/mol. The van der Waals surface area contributed by atoms with Crippen LogP contribution in [0.2, 0.25) is 0 Å². The number of H-pyrrole nitrogens is 1. The minimum absolute atomic E-state index is 0.00720. The first-order valence-corrected chi connectivity index (χ1v) is 11.5. The van der Waals surface area contributed by atoms with Gasteiger partial charge in [-0.3, -0.25) is 4.68 Å². The summed E-state index contributed by atoms with van der Waals surface area (Å²) in [6.45, 7) is 1.79.